The average Bonchev–Trinajstić information content (AvgIpc) is 2.50. The van der Waals surface area contributed by atoms with Gasteiger partial charge >= 0.3 is 0 Å². The Kier molecular flexibility index (Phi) is 11.1. The van der Waals surface area contributed by atoms with Crippen LogP contribution < -0.4 is 15.4 Å². The summed E-state index contributed by atoms with van der Waals surface area (Å²) >= 11 is 0. The Hall–Kier alpha value is -1.10. The van der Waals surface area contributed by atoms with E-state index in [-0.39, 0.29) is 48.0 Å². The summed E-state index contributed by atoms with van der Waals surface area (Å²) in [4.78, 5) is 4.30. The van der Waals surface area contributed by atoms with Crippen LogP contribution in [0.25, 0.3) is 0 Å². The molecule has 0 fully saturated rings. The molecule has 0 spiro atoms. The number of anilines is 1. The van der Waals surface area contributed by atoms with Crippen molar-refractivity contribution in [2.24, 2.45) is 10.9 Å². The largest absolute Gasteiger partial charge is 0.357 e. The Labute approximate surface area is 173 Å². The fraction of sp³-hybridized carbons (Fsp3) is 0.588. The maximum Gasteiger partial charge on any atom is 0.234 e. The predicted molar refractivity (Wildman–Crippen MR) is 117 cm³/mol. The first-order valence-electron chi connectivity index (χ1n) is 8.46. The minimum atomic E-state index is -3.60. The fourth-order valence-electron chi connectivity index (χ4n) is 1.87. The molecule has 0 heterocycles. The second-order valence-electron chi connectivity index (χ2n) is 6.32. The molecule has 1 rings (SSSR count). The molecular formula is C17H30FIN4O2S. The first-order valence-corrected chi connectivity index (χ1v) is 10.1. The van der Waals surface area contributed by atoms with Crippen LogP contribution in [0.3, 0.4) is 0 Å². The Balaban J connectivity index is 0.00000625. The number of nitrogens with zero attached hydrogens (tertiary/aromatic N) is 1. The van der Waals surface area contributed by atoms with E-state index in [0.717, 1.165) is 0 Å². The van der Waals surface area contributed by atoms with Gasteiger partial charge in [0.2, 0.25) is 10.0 Å². The summed E-state index contributed by atoms with van der Waals surface area (Å²) in [5.41, 5.74) is 0.679. The van der Waals surface area contributed by atoms with Gasteiger partial charge in [0, 0.05) is 12.6 Å². The number of aryl methyl sites for hydroxylation is 1. The second kappa shape index (κ2) is 11.6. The number of halogens is 2. The van der Waals surface area contributed by atoms with Gasteiger partial charge in [0.05, 0.1) is 18.0 Å². The van der Waals surface area contributed by atoms with Gasteiger partial charge in [0.15, 0.2) is 5.96 Å². The highest BCUT2D eigenvalue weighted by Gasteiger charge is 2.12. The minimum absolute atomic E-state index is 0. The molecule has 26 heavy (non-hydrogen) atoms. The van der Waals surface area contributed by atoms with Gasteiger partial charge in [-0.15, -0.1) is 24.0 Å². The zero-order valence-corrected chi connectivity index (χ0v) is 19.1. The van der Waals surface area contributed by atoms with E-state index < -0.39 is 15.8 Å². The van der Waals surface area contributed by atoms with Gasteiger partial charge < -0.3 is 10.6 Å². The van der Waals surface area contributed by atoms with Gasteiger partial charge in [-0.1, -0.05) is 19.9 Å². The molecule has 0 bridgehead atoms. The molecule has 6 nitrogen and oxygen atoms in total. The van der Waals surface area contributed by atoms with Crippen molar-refractivity contribution >= 4 is 45.6 Å². The zero-order valence-electron chi connectivity index (χ0n) is 16.0. The molecule has 0 saturated carbocycles. The van der Waals surface area contributed by atoms with E-state index in [2.05, 4.69) is 34.2 Å². The fourth-order valence-corrected chi connectivity index (χ4v) is 2.79. The predicted octanol–water partition coefficient (Wildman–Crippen LogP) is 3.09. The summed E-state index contributed by atoms with van der Waals surface area (Å²) in [5.74, 6) is 0.375. The highest BCUT2D eigenvalue weighted by atomic mass is 127. The molecule has 1 unspecified atom stereocenters. The summed E-state index contributed by atoms with van der Waals surface area (Å²) in [5, 5.41) is 6.33. The van der Waals surface area contributed by atoms with Crippen molar-refractivity contribution in [2.75, 3.05) is 23.6 Å². The van der Waals surface area contributed by atoms with Crippen LogP contribution >= 0.6 is 24.0 Å². The maximum atomic E-state index is 13.5. The highest BCUT2D eigenvalue weighted by Crippen LogP contribution is 2.14. The van der Waals surface area contributed by atoms with E-state index in [1.807, 2.05) is 13.8 Å². The summed E-state index contributed by atoms with van der Waals surface area (Å²) in [7, 11) is -3.60. The molecule has 1 atom stereocenters. The monoisotopic (exact) mass is 500 g/mol. The van der Waals surface area contributed by atoms with Crippen LogP contribution in [0.5, 0.6) is 0 Å². The number of aliphatic imine (C=N–C) groups is 1. The molecule has 0 saturated heterocycles. The van der Waals surface area contributed by atoms with Crippen LogP contribution in [0.4, 0.5) is 10.1 Å². The Bertz CT molecular complexity index is 696. The average molecular weight is 500 g/mol. The van der Waals surface area contributed by atoms with Crippen LogP contribution in [-0.2, 0) is 10.0 Å². The van der Waals surface area contributed by atoms with E-state index in [4.69, 9.17) is 0 Å². The van der Waals surface area contributed by atoms with Crippen molar-refractivity contribution in [3.8, 4) is 0 Å². The number of guanidine groups is 1. The Morgan fingerprint density at radius 2 is 1.92 bits per heavy atom. The number of sulfonamides is 1. The highest BCUT2D eigenvalue weighted by molar-refractivity contribution is 14.0. The molecule has 0 aliphatic carbocycles. The summed E-state index contributed by atoms with van der Waals surface area (Å²) in [6.45, 7) is 10.6. The topological polar surface area (TPSA) is 82.6 Å². The number of benzene rings is 1. The van der Waals surface area contributed by atoms with Crippen molar-refractivity contribution in [1.29, 1.82) is 0 Å². The van der Waals surface area contributed by atoms with Crippen LogP contribution in [0, 0.1) is 18.7 Å². The number of nitrogens with one attached hydrogen (secondary N) is 3. The number of rotatable bonds is 8. The standard InChI is InChI=1S/C17H29FN4O2S.HI/c1-6-19-17(21-14(5)12(2)3)20-9-10-25(23,24)22-15-8-7-13(4)16(18)11-15;/h7-8,11-12,14,22H,6,9-10H2,1-5H3,(H2,19,20,21);1H. The normalized spacial score (nSPS) is 13.1. The lowest BCUT2D eigenvalue weighted by Gasteiger charge is -2.20. The minimum Gasteiger partial charge on any atom is -0.357 e. The van der Waals surface area contributed by atoms with Crippen LogP contribution in [-0.4, -0.2) is 39.3 Å². The van der Waals surface area contributed by atoms with Gasteiger partial charge in [-0.3, -0.25) is 9.71 Å². The molecule has 0 amide bonds. The van der Waals surface area contributed by atoms with Crippen molar-refractivity contribution in [2.45, 2.75) is 40.7 Å². The summed E-state index contributed by atoms with van der Waals surface area (Å²) in [6.07, 6.45) is 0. The van der Waals surface area contributed by atoms with E-state index >= 15 is 0 Å². The van der Waals surface area contributed by atoms with Gasteiger partial charge in [0.25, 0.3) is 0 Å². The third-order valence-electron chi connectivity index (χ3n) is 3.78. The lowest BCUT2D eigenvalue weighted by Crippen LogP contribution is -2.44. The van der Waals surface area contributed by atoms with Crippen molar-refractivity contribution in [3.63, 3.8) is 0 Å². The molecule has 1 aromatic carbocycles. The smallest absolute Gasteiger partial charge is 0.234 e. The lowest BCUT2D eigenvalue weighted by atomic mass is 10.1. The second-order valence-corrected chi connectivity index (χ2v) is 8.16. The summed E-state index contributed by atoms with van der Waals surface area (Å²) in [6, 6.07) is 4.45. The molecule has 9 heteroatoms. The molecular weight excluding hydrogens is 470 g/mol. The Morgan fingerprint density at radius 1 is 1.27 bits per heavy atom. The molecule has 1 aromatic rings. The third kappa shape index (κ3) is 9.02. The van der Waals surface area contributed by atoms with Crippen molar-refractivity contribution in [1.82, 2.24) is 10.6 Å². The van der Waals surface area contributed by atoms with Crippen LogP contribution in [0.1, 0.15) is 33.3 Å². The van der Waals surface area contributed by atoms with Crippen molar-refractivity contribution in [3.05, 3.63) is 29.6 Å². The molecule has 0 radical (unpaired) electrons. The molecule has 0 aromatic heterocycles. The first kappa shape index (κ1) is 24.9. The van der Waals surface area contributed by atoms with Gasteiger partial charge in [-0.2, -0.15) is 0 Å². The quantitative estimate of drug-likeness (QED) is 0.291. The van der Waals surface area contributed by atoms with Gasteiger partial charge in [-0.05, 0) is 44.4 Å². The van der Waals surface area contributed by atoms with Crippen LogP contribution in [0.2, 0.25) is 0 Å². The number of hydrogen-bond acceptors (Lipinski definition) is 3. The van der Waals surface area contributed by atoms with E-state index in [1.54, 1.807) is 6.92 Å². The molecule has 0 aliphatic rings. The zero-order chi connectivity index (χ0) is 19.0. The summed E-state index contributed by atoms with van der Waals surface area (Å²) < 4.78 is 40.1. The SMILES string of the molecule is CCNC(=NCCS(=O)(=O)Nc1ccc(C)c(F)c1)NC(C)C(C)C.I. The maximum absolute atomic E-state index is 13.5. The van der Waals surface area contributed by atoms with E-state index in [9.17, 15) is 12.8 Å². The Morgan fingerprint density at radius 3 is 2.46 bits per heavy atom. The van der Waals surface area contributed by atoms with Gasteiger partial charge in [0.1, 0.15) is 5.82 Å². The number of hydrogen-bond donors (Lipinski definition) is 3. The van der Waals surface area contributed by atoms with E-state index in [1.165, 1.54) is 18.2 Å². The third-order valence-corrected chi connectivity index (χ3v) is 5.05. The van der Waals surface area contributed by atoms with Crippen LogP contribution in [0.15, 0.2) is 23.2 Å². The molecule has 150 valence electrons. The van der Waals surface area contributed by atoms with Crippen molar-refractivity contribution < 1.29 is 12.8 Å². The van der Waals surface area contributed by atoms with Gasteiger partial charge in [-0.25, -0.2) is 12.8 Å². The molecule has 0 aliphatic heterocycles. The molecule has 3 N–H and O–H groups in total. The first-order chi connectivity index (χ1) is 11.6. The lowest BCUT2D eigenvalue weighted by molar-refractivity contribution is 0.481. The van der Waals surface area contributed by atoms with E-state index in [0.29, 0.717) is 24.0 Å².